The summed E-state index contributed by atoms with van der Waals surface area (Å²) in [5.74, 6) is -2.39. The molecule has 1 aliphatic rings. The highest BCUT2D eigenvalue weighted by molar-refractivity contribution is 7.80. The third kappa shape index (κ3) is 6.96. The van der Waals surface area contributed by atoms with Crippen LogP contribution in [0.25, 0.3) is 22.2 Å². The van der Waals surface area contributed by atoms with Crippen LogP contribution in [0.4, 0.5) is 25.1 Å². The van der Waals surface area contributed by atoms with Crippen LogP contribution >= 0.6 is 0 Å². The smallest absolute Gasteiger partial charge is 0.410 e. The number of benzene rings is 1. The highest BCUT2D eigenvalue weighted by Crippen LogP contribution is 2.30. The van der Waals surface area contributed by atoms with E-state index in [2.05, 4.69) is 25.2 Å². The van der Waals surface area contributed by atoms with Crippen LogP contribution in [0.2, 0.25) is 0 Å². The van der Waals surface area contributed by atoms with Crippen LogP contribution < -0.4 is 10.2 Å². The summed E-state index contributed by atoms with van der Waals surface area (Å²) in [5.41, 5.74) is 0.109. The van der Waals surface area contributed by atoms with Gasteiger partial charge in [-0.3, -0.25) is 4.79 Å². The second kappa shape index (κ2) is 12.9. The molecule has 45 heavy (non-hydrogen) atoms. The lowest BCUT2D eigenvalue weighted by atomic mass is 10.00. The number of rotatable bonds is 8. The van der Waals surface area contributed by atoms with Crippen molar-refractivity contribution in [1.82, 2.24) is 19.9 Å². The van der Waals surface area contributed by atoms with E-state index in [1.807, 2.05) is 32.9 Å². The highest BCUT2D eigenvalue weighted by atomic mass is 32.2. The van der Waals surface area contributed by atoms with E-state index in [0.717, 1.165) is 18.0 Å². The summed E-state index contributed by atoms with van der Waals surface area (Å²) in [5, 5.41) is 1.93. The first-order chi connectivity index (χ1) is 21.4. The van der Waals surface area contributed by atoms with Gasteiger partial charge in [-0.1, -0.05) is 6.92 Å². The van der Waals surface area contributed by atoms with E-state index in [-0.39, 0.29) is 23.8 Å². The van der Waals surface area contributed by atoms with E-state index in [1.54, 1.807) is 30.3 Å². The number of ketones is 1. The number of carbonyl (C=O) groups excluding carboxylic acids is 2. The Morgan fingerprint density at radius 2 is 1.80 bits per heavy atom. The van der Waals surface area contributed by atoms with Gasteiger partial charge >= 0.3 is 6.09 Å². The second-order valence-corrected chi connectivity index (χ2v) is 12.7. The fraction of sp³-hybridized carbons (Fsp3) is 0.355. The van der Waals surface area contributed by atoms with Crippen molar-refractivity contribution in [1.29, 1.82) is 0 Å². The van der Waals surface area contributed by atoms with Crippen molar-refractivity contribution < 1.29 is 31.9 Å². The zero-order chi connectivity index (χ0) is 32.5. The number of carbonyl (C=O) groups is 2. The Morgan fingerprint density at radius 3 is 2.42 bits per heavy atom. The SMILES string of the molecule is CCC(Nc1ccc(F)c(C(=O)c2c[nH]c3ncc(-c4ccc(N5CCN(C(=O)OC(C)(C)C)CC5)nc4)cc23)c1F)S(=O)O. The Balaban J connectivity index is 1.35. The van der Waals surface area contributed by atoms with Crippen molar-refractivity contribution in [2.75, 3.05) is 36.4 Å². The van der Waals surface area contributed by atoms with Gasteiger partial charge in [-0.05, 0) is 57.5 Å². The molecule has 0 saturated carbocycles. The van der Waals surface area contributed by atoms with Crippen molar-refractivity contribution in [2.24, 2.45) is 0 Å². The van der Waals surface area contributed by atoms with Crippen LogP contribution in [-0.4, -0.2) is 77.6 Å². The highest BCUT2D eigenvalue weighted by Gasteiger charge is 2.28. The number of pyridine rings is 2. The van der Waals surface area contributed by atoms with Gasteiger partial charge in [-0.25, -0.2) is 27.8 Å². The number of nitrogens with one attached hydrogen (secondary N) is 2. The van der Waals surface area contributed by atoms with Crippen LogP contribution in [0.1, 0.15) is 50.0 Å². The molecule has 0 spiro atoms. The average Bonchev–Trinajstić information content (AvgIpc) is 3.43. The third-order valence-electron chi connectivity index (χ3n) is 7.36. The van der Waals surface area contributed by atoms with E-state index in [4.69, 9.17) is 4.74 Å². The molecule has 5 rings (SSSR count). The molecule has 1 fully saturated rings. The number of aromatic nitrogens is 3. The minimum Gasteiger partial charge on any atom is -0.444 e. The second-order valence-electron chi connectivity index (χ2n) is 11.6. The van der Waals surface area contributed by atoms with Gasteiger partial charge in [-0.15, -0.1) is 0 Å². The number of halogens is 2. The number of H-pyrrole nitrogens is 1. The fourth-order valence-electron chi connectivity index (χ4n) is 5.01. The van der Waals surface area contributed by atoms with Crippen molar-refractivity contribution in [2.45, 2.75) is 45.1 Å². The summed E-state index contributed by atoms with van der Waals surface area (Å²) in [4.78, 5) is 41.5. The first-order valence-corrected chi connectivity index (χ1v) is 15.6. The van der Waals surface area contributed by atoms with Crippen LogP contribution in [0.5, 0.6) is 0 Å². The predicted molar refractivity (Wildman–Crippen MR) is 168 cm³/mol. The summed E-state index contributed by atoms with van der Waals surface area (Å²) in [6.45, 7) is 9.32. The molecule has 3 aromatic heterocycles. The summed E-state index contributed by atoms with van der Waals surface area (Å²) in [6.07, 6.45) is 4.49. The largest absolute Gasteiger partial charge is 0.444 e. The van der Waals surface area contributed by atoms with Gasteiger partial charge < -0.3 is 29.4 Å². The summed E-state index contributed by atoms with van der Waals surface area (Å²) < 4.78 is 56.7. The molecule has 0 radical (unpaired) electrons. The topological polar surface area (TPSA) is 141 Å². The molecule has 11 nitrogen and oxygen atoms in total. The predicted octanol–water partition coefficient (Wildman–Crippen LogP) is 5.56. The Labute approximate surface area is 261 Å². The molecule has 4 heterocycles. The number of fused-ring (bicyclic) bond motifs is 1. The first kappa shape index (κ1) is 32.0. The normalized spacial score (nSPS) is 15.2. The monoisotopic (exact) mass is 640 g/mol. The molecular weight excluding hydrogens is 606 g/mol. The zero-order valence-electron chi connectivity index (χ0n) is 25.3. The van der Waals surface area contributed by atoms with E-state index in [1.165, 1.54) is 6.20 Å². The van der Waals surface area contributed by atoms with E-state index in [9.17, 15) is 22.7 Å². The van der Waals surface area contributed by atoms with Crippen LogP contribution in [0, 0.1) is 11.6 Å². The van der Waals surface area contributed by atoms with Crippen molar-refractivity contribution in [3.63, 3.8) is 0 Å². The van der Waals surface area contributed by atoms with E-state index < -0.39 is 45.0 Å². The van der Waals surface area contributed by atoms with Gasteiger partial charge in [0.1, 0.15) is 28.3 Å². The van der Waals surface area contributed by atoms with Gasteiger partial charge in [0.15, 0.2) is 16.9 Å². The van der Waals surface area contributed by atoms with Crippen LogP contribution in [0.3, 0.4) is 0 Å². The maximum absolute atomic E-state index is 15.4. The molecule has 0 bridgehead atoms. The molecule has 2 unspecified atom stereocenters. The lowest BCUT2D eigenvalue weighted by Gasteiger charge is -2.36. The fourth-order valence-corrected chi connectivity index (χ4v) is 5.53. The van der Waals surface area contributed by atoms with Crippen molar-refractivity contribution in [3.8, 4) is 11.1 Å². The Kier molecular flexibility index (Phi) is 9.16. The standard InChI is InChI=1S/C31H34F2N6O5S/c1-5-25(45(42)43)37-23-8-7-22(32)26(27(23)33)28(40)21-17-36-29-20(21)14-19(16-35-29)18-6-9-24(34-15-18)38-10-12-39(13-11-38)30(41)44-31(2,3)4/h6-9,14-17,25,37H,5,10-13H2,1-4H3,(H,35,36)(H,42,43). The van der Waals surface area contributed by atoms with E-state index in [0.29, 0.717) is 48.3 Å². The molecule has 1 saturated heterocycles. The molecule has 1 amide bonds. The lowest BCUT2D eigenvalue weighted by Crippen LogP contribution is -2.50. The average molecular weight is 641 g/mol. The first-order valence-electron chi connectivity index (χ1n) is 14.4. The Morgan fingerprint density at radius 1 is 1.09 bits per heavy atom. The van der Waals surface area contributed by atoms with Gasteiger partial charge in [0.25, 0.3) is 0 Å². The molecule has 2 atom stereocenters. The number of ether oxygens (including phenoxy) is 1. The van der Waals surface area contributed by atoms with Crippen LogP contribution in [0.15, 0.2) is 48.9 Å². The van der Waals surface area contributed by atoms with Crippen LogP contribution in [-0.2, 0) is 15.8 Å². The number of anilines is 2. The number of nitrogens with zero attached hydrogens (tertiary/aromatic N) is 4. The van der Waals surface area contributed by atoms with Gasteiger partial charge in [0, 0.05) is 66.8 Å². The molecular formula is C31H34F2N6O5S. The number of amides is 1. The van der Waals surface area contributed by atoms with Crippen molar-refractivity contribution >= 4 is 45.5 Å². The molecule has 0 aliphatic carbocycles. The van der Waals surface area contributed by atoms with Crippen molar-refractivity contribution in [3.05, 3.63) is 71.7 Å². The van der Waals surface area contributed by atoms with Gasteiger partial charge in [0.05, 0.1) is 11.3 Å². The van der Waals surface area contributed by atoms with Gasteiger partial charge in [-0.2, -0.15) is 0 Å². The minimum atomic E-state index is -2.31. The summed E-state index contributed by atoms with van der Waals surface area (Å²) >= 11 is -2.31. The number of aromatic amines is 1. The Hall–Kier alpha value is -4.43. The molecule has 3 N–H and O–H groups in total. The molecule has 1 aliphatic heterocycles. The lowest BCUT2D eigenvalue weighted by molar-refractivity contribution is 0.0240. The molecule has 238 valence electrons. The molecule has 14 heteroatoms. The maximum Gasteiger partial charge on any atom is 0.410 e. The quantitative estimate of drug-likeness (QED) is 0.167. The van der Waals surface area contributed by atoms with E-state index >= 15 is 4.39 Å². The Bertz CT molecular complexity index is 1750. The zero-order valence-corrected chi connectivity index (χ0v) is 26.1. The third-order valence-corrected chi connectivity index (χ3v) is 8.30. The summed E-state index contributed by atoms with van der Waals surface area (Å²) in [7, 11) is 0. The number of piperazine rings is 1. The summed E-state index contributed by atoms with van der Waals surface area (Å²) in [6, 6.07) is 7.45. The number of hydrogen-bond donors (Lipinski definition) is 3. The molecule has 4 aromatic rings. The molecule has 1 aromatic carbocycles. The van der Waals surface area contributed by atoms with Gasteiger partial charge in [0.2, 0.25) is 5.78 Å². The number of hydrogen-bond acceptors (Lipinski definition) is 8. The maximum atomic E-state index is 15.4. The minimum absolute atomic E-state index is 0.0134.